The van der Waals surface area contributed by atoms with Gasteiger partial charge in [0, 0.05) is 73.7 Å². The molecule has 428 valence electrons. The molecule has 0 aliphatic heterocycles. The van der Waals surface area contributed by atoms with Gasteiger partial charge in [-0.2, -0.15) is 18.3 Å². The minimum atomic E-state index is -1.69. The van der Waals surface area contributed by atoms with Crippen LogP contribution in [0, 0.1) is 107 Å². The smallest absolute Gasteiger partial charge is 0.870 e. The summed E-state index contributed by atoms with van der Waals surface area (Å²) in [5, 5.41) is 80.5. The first-order valence-corrected chi connectivity index (χ1v) is 19.0. The quantitative estimate of drug-likeness (QED) is 0.0314. The van der Waals surface area contributed by atoms with E-state index in [-0.39, 0.29) is 236 Å². The number of rotatable bonds is 20. The van der Waals surface area contributed by atoms with E-state index < -0.39 is 25.2 Å². The maximum atomic E-state index is 11.0. The molecule has 30 nitrogen and oxygen atoms in total. The van der Waals surface area contributed by atoms with E-state index in [1.807, 2.05) is 48.5 Å². The summed E-state index contributed by atoms with van der Waals surface area (Å²) in [4.78, 5) is 0. The molecule has 0 saturated carbocycles. The van der Waals surface area contributed by atoms with Crippen molar-refractivity contribution >= 4 is 0 Å². The molecule has 0 aliphatic rings. The Hall–Kier alpha value is -3.06. The number of aromatic nitrogens is 4. The van der Waals surface area contributed by atoms with Gasteiger partial charge in [0.05, 0.1) is 0 Å². The van der Waals surface area contributed by atoms with Crippen LogP contribution >= 0.6 is 0 Å². The first-order chi connectivity index (χ1) is 29.0. The van der Waals surface area contributed by atoms with Crippen molar-refractivity contribution in [3.63, 3.8) is 0 Å². The molecule has 0 spiro atoms. The zero-order chi connectivity index (χ0) is 42.7. The van der Waals surface area contributed by atoms with Gasteiger partial charge < -0.3 is 136 Å². The zero-order valence-corrected chi connectivity index (χ0v) is 53.2. The van der Waals surface area contributed by atoms with Gasteiger partial charge in [-0.1, -0.05) is 0 Å². The second-order valence-electron chi connectivity index (χ2n) is 13.3. The molecule has 77 heavy (non-hydrogen) atoms. The van der Waals surface area contributed by atoms with Crippen molar-refractivity contribution in [2.24, 2.45) is 0 Å². The Bertz CT molecular complexity index is 1910. The fourth-order valence-electron chi connectivity index (χ4n) is 5.85. The van der Waals surface area contributed by atoms with Crippen molar-refractivity contribution in [2.45, 2.75) is 77.8 Å². The monoisotopic (exact) mass is 1500 g/mol. The maximum Gasteiger partial charge on any atom is 3.00 e. The molecule has 0 amide bonds. The molecule has 4 unspecified atom stereocenters. The number of hydrogen-bond acceptors (Lipinski definition) is 13. The summed E-state index contributed by atoms with van der Waals surface area (Å²) < 4.78 is 29.7. The van der Waals surface area contributed by atoms with Crippen molar-refractivity contribution in [1.82, 2.24) is 0 Å². The zero-order valence-electron chi connectivity index (χ0n) is 42.3. The van der Waals surface area contributed by atoms with Crippen LogP contribution in [0.2, 0.25) is 0 Å². The Morgan fingerprint density at radius 3 is 0.610 bits per heavy atom. The first-order valence-electron chi connectivity index (χ1n) is 19.0. The predicted molar refractivity (Wildman–Crippen MR) is 265 cm³/mol. The van der Waals surface area contributed by atoms with Crippen LogP contribution in [0.1, 0.15) is 22.8 Å². The van der Waals surface area contributed by atoms with Gasteiger partial charge in [-0.05, 0) is 72.8 Å². The third kappa shape index (κ3) is 39.1. The second-order valence-corrected chi connectivity index (χ2v) is 13.3. The van der Waals surface area contributed by atoms with Crippen LogP contribution in [0.5, 0.6) is 23.0 Å². The summed E-state index contributed by atoms with van der Waals surface area (Å²) in [5.74, 6) is 2.52. The molecule has 4 atom stereocenters. The van der Waals surface area contributed by atoms with E-state index in [1.54, 1.807) is 116 Å². The summed E-state index contributed by atoms with van der Waals surface area (Å²) in [6.45, 7) is 0.796. The van der Waals surface area contributed by atoms with Gasteiger partial charge in [-0.3, -0.25) is 0 Å². The summed E-state index contributed by atoms with van der Waals surface area (Å²) in [6.07, 6.45) is 0.134. The van der Waals surface area contributed by atoms with E-state index >= 15 is 0 Å². The third-order valence-corrected chi connectivity index (χ3v) is 8.74. The average molecular weight is 1500 g/mol. The summed E-state index contributed by atoms with van der Waals surface area (Å²) in [6, 6.07) is 36.0. The van der Waals surface area contributed by atoms with E-state index in [0.717, 1.165) is 22.8 Å². The maximum absolute atomic E-state index is 11.0. The molecule has 0 fully saturated rings. The molecule has 0 aliphatic carbocycles. The van der Waals surface area contributed by atoms with Crippen LogP contribution in [-0.2, 0) is 118 Å². The molecule has 0 saturated heterocycles. The number of pyridine rings is 4. The minimum absolute atomic E-state index is 0. The topological polar surface area (TPSA) is 683 Å². The van der Waals surface area contributed by atoms with Crippen molar-refractivity contribution in [1.29, 1.82) is 0 Å². The van der Waals surface area contributed by atoms with Crippen molar-refractivity contribution in [3.8, 4) is 23.0 Å². The largest absolute Gasteiger partial charge is 3.00 e. The van der Waals surface area contributed by atoms with Crippen molar-refractivity contribution < 1.29 is 262 Å². The van der Waals surface area contributed by atoms with Crippen molar-refractivity contribution in [3.05, 3.63) is 169 Å². The number of aliphatic hydroxyl groups excluding tert-OH is 4. The standard InChI is InChI=1S/2C22H24N2O6.3La.14H2O/c2*25-21(26)13-23-11-3-1-5-17(23)15-29-19-7-9-20(10-8-19)30-16-18-6-2-4-12-24(18)14-22(27)28;;;;;;;;;;;;;;;;;/h2*1-12,21-22,25,27H,13-16H2;;;;14*1H2/q;;3*+3;;;;;;;;;;;;;;/p+11. The first kappa shape index (κ1) is 106. The Labute approximate surface area is 526 Å². The van der Waals surface area contributed by atoms with E-state index in [4.69, 9.17) is 39.4 Å². The van der Waals surface area contributed by atoms with Crippen LogP contribution in [0.15, 0.2) is 146 Å². The summed E-state index contributed by atoms with van der Waals surface area (Å²) in [7, 11) is 0. The van der Waals surface area contributed by atoms with Gasteiger partial charge in [0.1, 0.15) is 23.0 Å². The molecule has 0 radical (unpaired) electrons. The second kappa shape index (κ2) is 57.6. The molecule has 6 aromatic rings. The molecule has 6 rings (SSSR count). The average Bonchev–Trinajstić information content (AvgIpc) is 3.23. The van der Waals surface area contributed by atoms with E-state index in [0.29, 0.717) is 23.0 Å². The number of aliphatic hydroxyl groups is 4. The SMILES string of the molecule is O.[La+3].[La+3].[La+3].[O-]C(O)C[n+]1ccccc1COc1ccc(OCc2cccc[n+]2CC([O-])O)cc1.[O-]C(O)C[n+]1ccccc1COc1ccc(OCc2cccc[n+]2CC([O-])O)cc1.[OH-].[OH3+].[OH3+].[OH3+].[OH3+].[OH3+].[OH3+].[OH3+].[OH3+].[OH3+].[OH3+].[OH3+].[OH3+]. The van der Waals surface area contributed by atoms with Crippen LogP contribution in [0.3, 0.4) is 0 Å². The molecular weight excluding hydrogens is 1420 g/mol. The normalized spacial score (nSPS) is 10.1. The molecule has 4 aromatic heterocycles. The van der Waals surface area contributed by atoms with E-state index in [1.165, 1.54) is 0 Å². The van der Waals surface area contributed by atoms with Crippen LogP contribution in [-0.4, -0.2) is 56.5 Å². The van der Waals surface area contributed by atoms with Gasteiger partial charge in [-0.25, -0.2) is 0 Å². The number of benzene rings is 2. The Morgan fingerprint density at radius 2 is 0.468 bits per heavy atom. The van der Waals surface area contributed by atoms with Gasteiger partial charge in [0.15, 0.2) is 77.4 Å². The molecular formula is C44H87La3N4O26+20. The molecule has 43 N–H and O–H groups in total. The fourth-order valence-corrected chi connectivity index (χ4v) is 5.85. The molecule has 33 heteroatoms. The minimum Gasteiger partial charge on any atom is -0.870 e. The molecule has 4 heterocycles. The fraction of sp³-hybridized carbons (Fsp3) is 0.273. The third-order valence-electron chi connectivity index (χ3n) is 8.74. The van der Waals surface area contributed by atoms with E-state index in [2.05, 4.69) is 0 Å². The number of nitrogens with zero attached hydrogens (tertiary/aromatic N) is 4. The Balaban J connectivity index is -0.0000000792. The van der Waals surface area contributed by atoms with Crippen LogP contribution in [0.25, 0.3) is 0 Å². The van der Waals surface area contributed by atoms with Gasteiger partial charge >= 0.3 is 107 Å². The van der Waals surface area contributed by atoms with Crippen LogP contribution in [0.4, 0.5) is 0 Å². The molecule has 2 aromatic carbocycles. The van der Waals surface area contributed by atoms with Gasteiger partial charge in [0.2, 0.25) is 22.8 Å². The molecule has 0 bridgehead atoms. The van der Waals surface area contributed by atoms with E-state index in [9.17, 15) is 20.4 Å². The number of ether oxygens (including phenoxy) is 4. The predicted octanol–water partition coefficient (Wildman–Crippen LogP) is -14.5. The number of hydrogen-bond donors (Lipinski definition) is 4. The van der Waals surface area contributed by atoms with Crippen molar-refractivity contribution in [2.75, 3.05) is 0 Å². The van der Waals surface area contributed by atoms with Gasteiger partial charge in [-0.15, -0.1) is 0 Å². The van der Waals surface area contributed by atoms with Crippen LogP contribution < -0.4 is 57.6 Å². The van der Waals surface area contributed by atoms with Gasteiger partial charge in [0.25, 0.3) is 0 Å². The summed E-state index contributed by atoms with van der Waals surface area (Å²) >= 11 is 0. The summed E-state index contributed by atoms with van der Waals surface area (Å²) in [5.41, 5.74) is 3.06. The Kier molecular flexibility index (Phi) is 79.3. The Morgan fingerprint density at radius 1 is 0.312 bits per heavy atom.